The molecule has 8 nitrogen and oxygen atoms in total. The molecule has 1 saturated carbocycles. The second-order valence-electron chi connectivity index (χ2n) is 8.09. The Morgan fingerprint density at radius 1 is 1.16 bits per heavy atom. The van der Waals surface area contributed by atoms with Gasteiger partial charge < -0.3 is 19.8 Å². The summed E-state index contributed by atoms with van der Waals surface area (Å²) in [6.07, 6.45) is 6.30. The van der Waals surface area contributed by atoms with Gasteiger partial charge >= 0.3 is 0 Å². The Morgan fingerprint density at radius 3 is 2.39 bits per heavy atom. The highest BCUT2D eigenvalue weighted by atomic mass is 16.3. The van der Waals surface area contributed by atoms with E-state index in [-0.39, 0.29) is 43.3 Å². The van der Waals surface area contributed by atoms with Crippen molar-refractivity contribution < 1.29 is 24.3 Å². The lowest BCUT2D eigenvalue weighted by molar-refractivity contribution is -0.157. The van der Waals surface area contributed by atoms with E-state index in [1.165, 1.54) is 11.3 Å². The molecule has 1 aromatic rings. The third-order valence-electron chi connectivity index (χ3n) is 6.12. The molecule has 1 saturated heterocycles. The molecule has 0 bridgehead atoms. The van der Waals surface area contributed by atoms with Crippen LogP contribution >= 0.6 is 0 Å². The summed E-state index contributed by atoms with van der Waals surface area (Å²) in [5.41, 5.74) is 1.14. The summed E-state index contributed by atoms with van der Waals surface area (Å²) in [5.74, 6) is -0.299. The molecule has 1 atom stereocenters. The van der Waals surface area contributed by atoms with E-state index in [2.05, 4.69) is 0 Å². The number of carbonyl (C=O) groups excluding carboxylic acids is 3. The van der Waals surface area contributed by atoms with Gasteiger partial charge in [-0.15, -0.1) is 0 Å². The standard InChI is InChI=1S/C22H31N3O3.CH2O2/c1-17-22(28)24(14-13-18-9-5-3-6-10-18)15-21(27)25(17)16-20(26)23(2)19-11-7-4-8-12-19;2-1-3/h3,5-6,9-10,17,19H,4,7-8,11-16H2,1-2H3;1H,(H,2,3)/t17-;/m1./s1. The van der Waals surface area contributed by atoms with Gasteiger partial charge in [0.05, 0.1) is 6.54 Å². The van der Waals surface area contributed by atoms with Crippen molar-refractivity contribution in [3.8, 4) is 0 Å². The van der Waals surface area contributed by atoms with Crippen molar-refractivity contribution in [2.24, 2.45) is 0 Å². The van der Waals surface area contributed by atoms with Crippen LogP contribution in [0.1, 0.15) is 44.6 Å². The summed E-state index contributed by atoms with van der Waals surface area (Å²) in [4.78, 5) is 51.3. The van der Waals surface area contributed by atoms with Gasteiger partial charge in [-0.25, -0.2) is 0 Å². The topological polar surface area (TPSA) is 98.2 Å². The summed E-state index contributed by atoms with van der Waals surface area (Å²) in [6, 6.07) is 9.60. The molecule has 3 rings (SSSR count). The molecule has 1 heterocycles. The van der Waals surface area contributed by atoms with Crippen LogP contribution in [0.3, 0.4) is 0 Å². The van der Waals surface area contributed by atoms with Crippen molar-refractivity contribution in [1.82, 2.24) is 14.7 Å². The second-order valence-corrected chi connectivity index (χ2v) is 8.09. The van der Waals surface area contributed by atoms with Crippen LogP contribution in [-0.2, 0) is 25.6 Å². The van der Waals surface area contributed by atoms with Gasteiger partial charge in [-0.2, -0.15) is 0 Å². The molecule has 3 amide bonds. The number of amides is 3. The van der Waals surface area contributed by atoms with Crippen LogP contribution in [0.25, 0.3) is 0 Å². The zero-order valence-electron chi connectivity index (χ0n) is 18.4. The van der Waals surface area contributed by atoms with E-state index in [0.717, 1.165) is 37.7 Å². The molecule has 0 unspecified atom stereocenters. The SMILES string of the molecule is C[C@@H]1C(=O)N(CCc2ccccc2)CC(=O)N1CC(=O)N(C)C1CCCCC1.O=CO. The van der Waals surface area contributed by atoms with Gasteiger partial charge in [0, 0.05) is 19.6 Å². The number of rotatable bonds is 6. The van der Waals surface area contributed by atoms with Gasteiger partial charge in [-0.05, 0) is 31.7 Å². The van der Waals surface area contributed by atoms with Crippen LogP contribution in [0, 0.1) is 0 Å². The zero-order valence-corrected chi connectivity index (χ0v) is 18.4. The fourth-order valence-corrected chi connectivity index (χ4v) is 4.20. The Balaban J connectivity index is 0.00000107. The van der Waals surface area contributed by atoms with Crippen LogP contribution in [0.4, 0.5) is 0 Å². The summed E-state index contributed by atoms with van der Waals surface area (Å²) in [5, 5.41) is 6.89. The molecular formula is C23H33N3O5. The van der Waals surface area contributed by atoms with Gasteiger partial charge in [0.15, 0.2) is 0 Å². The molecule has 0 aromatic heterocycles. The maximum atomic E-state index is 12.8. The van der Waals surface area contributed by atoms with Crippen molar-refractivity contribution in [3.05, 3.63) is 35.9 Å². The van der Waals surface area contributed by atoms with Crippen LogP contribution in [0.2, 0.25) is 0 Å². The molecule has 2 fully saturated rings. The number of carbonyl (C=O) groups is 4. The first-order valence-electron chi connectivity index (χ1n) is 10.8. The quantitative estimate of drug-likeness (QED) is 0.693. The van der Waals surface area contributed by atoms with E-state index in [0.29, 0.717) is 6.54 Å². The number of carboxylic acid groups (broad SMARTS) is 1. The van der Waals surface area contributed by atoms with Crippen molar-refractivity contribution in [1.29, 1.82) is 0 Å². The van der Waals surface area contributed by atoms with Crippen LogP contribution in [0.5, 0.6) is 0 Å². The highest BCUT2D eigenvalue weighted by molar-refractivity contribution is 5.96. The number of hydrogen-bond acceptors (Lipinski definition) is 4. The molecule has 1 N–H and O–H groups in total. The smallest absolute Gasteiger partial charge is 0.290 e. The fourth-order valence-electron chi connectivity index (χ4n) is 4.20. The largest absolute Gasteiger partial charge is 0.483 e. The summed E-state index contributed by atoms with van der Waals surface area (Å²) >= 11 is 0. The molecule has 1 aromatic carbocycles. The van der Waals surface area contributed by atoms with E-state index in [4.69, 9.17) is 9.90 Å². The maximum absolute atomic E-state index is 12.8. The van der Waals surface area contributed by atoms with E-state index < -0.39 is 6.04 Å². The lowest BCUT2D eigenvalue weighted by atomic mass is 9.94. The predicted octanol–water partition coefficient (Wildman–Crippen LogP) is 1.78. The lowest BCUT2D eigenvalue weighted by Crippen LogP contribution is -2.61. The number of likely N-dealkylation sites (N-methyl/N-ethyl adjacent to an activating group) is 1. The Morgan fingerprint density at radius 2 is 1.77 bits per heavy atom. The molecule has 0 radical (unpaired) electrons. The lowest BCUT2D eigenvalue weighted by Gasteiger charge is -2.40. The Hall–Kier alpha value is -2.90. The molecule has 0 spiro atoms. The predicted molar refractivity (Wildman–Crippen MR) is 116 cm³/mol. The first-order chi connectivity index (χ1) is 14.9. The van der Waals surface area contributed by atoms with Crippen LogP contribution in [0.15, 0.2) is 30.3 Å². The normalized spacial score (nSPS) is 19.5. The Bertz CT molecular complexity index is 749. The summed E-state index contributed by atoms with van der Waals surface area (Å²) in [7, 11) is 1.82. The van der Waals surface area contributed by atoms with Crippen LogP contribution in [-0.4, -0.2) is 82.8 Å². The maximum Gasteiger partial charge on any atom is 0.290 e. The molecule has 1 aliphatic heterocycles. The fraction of sp³-hybridized carbons (Fsp3) is 0.565. The van der Waals surface area contributed by atoms with E-state index in [1.807, 2.05) is 37.4 Å². The average molecular weight is 432 g/mol. The number of nitrogens with zero attached hydrogens (tertiary/aromatic N) is 3. The Labute approximate surface area is 183 Å². The first kappa shape index (κ1) is 24.4. The van der Waals surface area contributed by atoms with E-state index in [9.17, 15) is 14.4 Å². The highest BCUT2D eigenvalue weighted by Crippen LogP contribution is 2.22. The van der Waals surface area contributed by atoms with Gasteiger partial charge in [0.2, 0.25) is 17.7 Å². The Kier molecular flexibility index (Phi) is 9.49. The van der Waals surface area contributed by atoms with Crippen LogP contribution < -0.4 is 0 Å². The second kappa shape index (κ2) is 12.1. The monoisotopic (exact) mass is 431 g/mol. The minimum Gasteiger partial charge on any atom is -0.483 e. The molecule has 8 heteroatoms. The number of piperazine rings is 1. The van der Waals surface area contributed by atoms with Crippen molar-refractivity contribution in [3.63, 3.8) is 0 Å². The summed E-state index contributed by atoms with van der Waals surface area (Å²) < 4.78 is 0. The van der Waals surface area contributed by atoms with Gasteiger partial charge in [0.25, 0.3) is 6.47 Å². The average Bonchev–Trinajstić information content (AvgIpc) is 2.79. The first-order valence-corrected chi connectivity index (χ1v) is 10.8. The molecule has 2 aliphatic rings. The van der Waals surface area contributed by atoms with Gasteiger partial charge in [-0.1, -0.05) is 49.6 Å². The van der Waals surface area contributed by atoms with E-state index >= 15 is 0 Å². The minimum atomic E-state index is -0.597. The number of hydrogen-bond donors (Lipinski definition) is 1. The van der Waals surface area contributed by atoms with Crippen molar-refractivity contribution in [2.75, 3.05) is 26.7 Å². The molecule has 1 aliphatic carbocycles. The van der Waals surface area contributed by atoms with Gasteiger partial charge in [-0.3, -0.25) is 19.2 Å². The number of benzene rings is 1. The third kappa shape index (κ3) is 6.80. The third-order valence-corrected chi connectivity index (χ3v) is 6.12. The van der Waals surface area contributed by atoms with Gasteiger partial charge in [0.1, 0.15) is 12.6 Å². The summed E-state index contributed by atoms with van der Waals surface area (Å²) in [6.45, 7) is 2.03. The van der Waals surface area contributed by atoms with E-state index in [1.54, 1.807) is 16.7 Å². The minimum absolute atomic E-state index is 0.00867. The molecular weight excluding hydrogens is 398 g/mol. The van der Waals surface area contributed by atoms with Crippen molar-refractivity contribution >= 4 is 24.2 Å². The zero-order chi connectivity index (χ0) is 22.8. The molecule has 31 heavy (non-hydrogen) atoms. The highest BCUT2D eigenvalue weighted by Gasteiger charge is 2.38. The molecule has 170 valence electrons. The van der Waals surface area contributed by atoms with Crippen molar-refractivity contribution in [2.45, 2.75) is 57.5 Å².